The molecule has 0 aliphatic heterocycles. The Kier molecular flexibility index (Phi) is 6.85. The summed E-state index contributed by atoms with van der Waals surface area (Å²) >= 11 is 2.95. The van der Waals surface area contributed by atoms with E-state index in [4.69, 9.17) is 9.47 Å². The molecule has 1 amide bonds. The summed E-state index contributed by atoms with van der Waals surface area (Å²) in [6, 6.07) is 7.74. The van der Waals surface area contributed by atoms with Crippen LogP contribution in [0.5, 0.6) is 5.75 Å². The molecular weight excluding hydrogens is 412 g/mol. The van der Waals surface area contributed by atoms with Gasteiger partial charge in [-0.25, -0.2) is 13.6 Å². The van der Waals surface area contributed by atoms with Crippen LogP contribution < -0.4 is 10.1 Å². The van der Waals surface area contributed by atoms with E-state index in [9.17, 15) is 18.4 Å². The van der Waals surface area contributed by atoms with E-state index < -0.39 is 30.1 Å². The van der Waals surface area contributed by atoms with Gasteiger partial charge in [-0.05, 0) is 46.3 Å². The second-order valence-electron chi connectivity index (χ2n) is 4.99. The van der Waals surface area contributed by atoms with Gasteiger partial charge in [0.2, 0.25) is 0 Å². The number of hydrogen-bond acceptors (Lipinski definition) is 4. The molecule has 26 heavy (non-hydrogen) atoms. The predicted molar refractivity (Wildman–Crippen MR) is 95.1 cm³/mol. The van der Waals surface area contributed by atoms with Gasteiger partial charge in [-0.2, -0.15) is 0 Å². The van der Waals surface area contributed by atoms with Gasteiger partial charge in [0.05, 0.1) is 11.3 Å². The maximum atomic E-state index is 13.7. The molecule has 0 fully saturated rings. The summed E-state index contributed by atoms with van der Waals surface area (Å²) in [6.07, 6.45) is 1.59. The molecule has 1 N–H and O–H groups in total. The van der Waals surface area contributed by atoms with Gasteiger partial charge in [-0.15, -0.1) is 0 Å². The number of rotatable bonds is 7. The Bertz CT molecular complexity index is 801. The molecule has 0 aliphatic carbocycles. The Balaban J connectivity index is 1.91. The highest BCUT2D eigenvalue weighted by atomic mass is 79.9. The van der Waals surface area contributed by atoms with E-state index in [0.29, 0.717) is 18.4 Å². The lowest BCUT2D eigenvalue weighted by atomic mass is 10.2. The summed E-state index contributed by atoms with van der Waals surface area (Å²) in [5.74, 6) is -2.69. The third-order valence-corrected chi connectivity index (χ3v) is 3.69. The summed E-state index contributed by atoms with van der Waals surface area (Å²) in [6.45, 7) is 3.23. The highest BCUT2D eigenvalue weighted by Crippen LogP contribution is 2.26. The number of halogens is 3. The first-order valence-electron chi connectivity index (χ1n) is 7.36. The minimum Gasteiger partial charge on any atom is -0.490 e. The standard InChI is InChI=1S/C18H14BrF2NO4/c1-2-7-25-13-5-3-11(4-6-13)18(24)26-10-16(23)22-17-14(19)8-12(20)9-15(17)21/h2-6,8-9H,1,7,10H2,(H,22,23). The van der Waals surface area contributed by atoms with Gasteiger partial charge in [-0.3, -0.25) is 4.79 Å². The van der Waals surface area contributed by atoms with E-state index in [1.807, 2.05) is 0 Å². The van der Waals surface area contributed by atoms with Gasteiger partial charge >= 0.3 is 5.97 Å². The van der Waals surface area contributed by atoms with Crippen LogP contribution >= 0.6 is 15.9 Å². The highest BCUT2D eigenvalue weighted by Gasteiger charge is 2.15. The monoisotopic (exact) mass is 425 g/mol. The normalized spacial score (nSPS) is 10.1. The van der Waals surface area contributed by atoms with E-state index in [-0.39, 0.29) is 15.7 Å². The van der Waals surface area contributed by atoms with Crippen molar-refractivity contribution in [2.45, 2.75) is 0 Å². The molecule has 5 nitrogen and oxygen atoms in total. The maximum Gasteiger partial charge on any atom is 0.338 e. The Morgan fingerprint density at radius 3 is 2.50 bits per heavy atom. The zero-order valence-electron chi connectivity index (χ0n) is 13.4. The predicted octanol–water partition coefficient (Wildman–Crippen LogP) is 4.09. The zero-order chi connectivity index (χ0) is 19.1. The van der Waals surface area contributed by atoms with Gasteiger partial charge in [0, 0.05) is 10.5 Å². The first-order chi connectivity index (χ1) is 12.4. The van der Waals surface area contributed by atoms with E-state index in [0.717, 1.165) is 6.07 Å². The summed E-state index contributed by atoms with van der Waals surface area (Å²) in [5, 5.41) is 2.21. The van der Waals surface area contributed by atoms with Gasteiger partial charge in [0.25, 0.3) is 5.91 Å². The summed E-state index contributed by atoms with van der Waals surface area (Å²) in [5.41, 5.74) is -0.0194. The van der Waals surface area contributed by atoms with Crippen LogP contribution in [0, 0.1) is 11.6 Å². The first-order valence-corrected chi connectivity index (χ1v) is 8.15. The second-order valence-corrected chi connectivity index (χ2v) is 5.85. The van der Waals surface area contributed by atoms with Crippen molar-refractivity contribution in [3.63, 3.8) is 0 Å². The Hall–Kier alpha value is -2.74. The minimum absolute atomic E-state index is 0.0322. The van der Waals surface area contributed by atoms with Crippen LogP contribution in [-0.2, 0) is 9.53 Å². The summed E-state index contributed by atoms with van der Waals surface area (Å²) in [4.78, 5) is 23.7. The van der Waals surface area contributed by atoms with Crippen LogP contribution in [-0.4, -0.2) is 25.1 Å². The van der Waals surface area contributed by atoms with Crippen molar-refractivity contribution >= 4 is 33.5 Å². The number of ether oxygens (including phenoxy) is 2. The van der Waals surface area contributed by atoms with Crippen LogP contribution in [0.25, 0.3) is 0 Å². The van der Waals surface area contributed by atoms with E-state index in [1.54, 1.807) is 18.2 Å². The lowest BCUT2D eigenvalue weighted by molar-refractivity contribution is -0.119. The van der Waals surface area contributed by atoms with Crippen LogP contribution in [0.4, 0.5) is 14.5 Å². The van der Waals surface area contributed by atoms with Crippen molar-refractivity contribution in [3.8, 4) is 5.75 Å². The Labute approximate surface area is 156 Å². The number of anilines is 1. The number of carbonyl (C=O) groups is 2. The van der Waals surface area contributed by atoms with Crippen LogP contribution in [0.2, 0.25) is 0 Å². The number of hydrogen-bond donors (Lipinski definition) is 1. The SMILES string of the molecule is C=CCOc1ccc(C(=O)OCC(=O)Nc2c(F)cc(F)cc2Br)cc1. The Morgan fingerprint density at radius 2 is 1.88 bits per heavy atom. The summed E-state index contributed by atoms with van der Waals surface area (Å²) < 4.78 is 36.9. The van der Waals surface area contributed by atoms with E-state index >= 15 is 0 Å². The fourth-order valence-electron chi connectivity index (χ4n) is 1.89. The number of amides is 1. The summed E-state index contributed by atoms with van der Waals surface area (Å²) in [7, 11) is 0. The van der Waals surface area contributed by atoms with Crippen molar-refractivity contribution < 1.29 is 27.8 Å². The first kappa shape index (κ1) is 19.6. The molecule has 0 radical (unpaired) electrons. The Morgan fingerprint density at radius 1 is 1.19 bits per heavy atom. The lowest BCUT2D eigenvalue weighted by Gasteiger charge is -2.10. The number of esters is 1. The molecule has 2 aromatic rings. The molecule has 136 valence electrons. The van der Waals surface area contributed by atoms with E-state index in [2.05, 4.69) is 27.8 Å². The maximum absolute atomic E-state index is 13.7. The third kappa shape index (κ3) is 5.38. The van der Waals surface area contributed by atoms with Crippen LogP contribution in [0.15, 0.2) is 53.5 Å². The van der Waals surface area contributed by atoms with Crippen molar-refractivity contribution in [2.75, 3.05) is 18.5 Å². The zero-order valence-corrected chi connectivity index (χ0v) is 15.0. The number of nitrogens with one attached hydrogen (secondary N) is 1. The van der Waals surface area contributed by atoms with Crippen molar-refractivity contribution in [1.29, 1.82) is 0 Å². The van der Waals surface area contributed by atoms with E-state index in [1.165, 1.54) is 12.1 Å². The van der Waals surface area contributed by atoms with Crippen molar-refractivity contribution in [1.82, 2.24) is 0 Å². The van der Waals surface area contributed by atoms with Gasteiger partial charge in [0.1, 0.15) is 18.2 Å². The molecule has 0 saturated heterocycles. The molecule has 0 heterocycles. The number of carbonyl (C=O) groups excluding carboxylic acids is 2. The molecule has 8 heteroatoms. The molecule has 2 aromatic carbocycles. The molecule has 0 atom stereocenters. The van der Waals surface area contributed by atoms with Crippen LogP contribution in [0.3, 0.4) is 0 Å². The second kappa shape index (κ2) is 9.10. The molecule has 0 saturated carbocycles. The van der Waals surface area contributed by atoms with Crippen LogP contribution in [0.1, 0.15) is 10.4 Å². The quantitative estimate of drug-likeness (QED) is 0.535. The van der Waals surface area contributed by atoms with Crippen molar-refractivity contribution in [2.24, 2.45) is 0 Å². The van der Waals surface area contributed by atoms with Gasteiger partial charge in [0.15, 0.2) is 12.4 Å². The molecule has 2 rings (SSSR count). The lowest BCUT2D eigenvalue weighted by Crippen LogP contribution is -2.21. The van der Waals surface area contributed by atoms with Gasteiger partial charge in [-0.1, -0.05) is 12.7 Å². The van der Waals surface area contributed by atoms with Crippen molar-refractivity contribution in [3.05, 3.63) is 70.7 Å². The smallest absolute Gasteiger partial charge is 0.338 e. The molecule has 0 aliphatic rings. The average Bonchev–Trinajstić information content (AvgIpc) is 2.61. The minimum atomic E-state index is -0.952. The molecular formula is C18H14BrF2NO4. The molecule has 0 unspecified atom stereocenters. The topological polar surface area (TPSA) is 64.6 Å². The highest BCUT2D eigenvalue weighted by molar-refractivity contribution is 9.10. The molecule has 0 aromatic heterocycles. The fourth-order valence-corrected chi connectivity index (χ4v) is 2.40. The fraction of sp³-hybridized carbons (Fsp3) is 0.111. The largest absolute Gasteiger partial charge is 0.490 e. The number of benzene rings is 2. The van der Waals surface area contributed by atoms with Gasteiger partial charge < -0.3 is 14.8 Å². The molecule has 0 bridgehead atoms. The third-order valence-electron chi connectivity index (χ3n) is 3.06. The average molecular weight is 426 g/mol. The molecule has 0 spiro atoms.